The van der Waals surface area contributed by atoms with Gasteiger partial charge in [-0.2, -0.15) is 0 Å². The third-order valence-electron chi connectivity index (χ3n) is 12.2. The number of primary amides is 1. The van der Waals surface area contributed by atoms with E-state index in [2.05, 4.69) is 0 Å². The molecule has 2 aliphatic heterocycles. The van der Waals surface area contributed by atoms with Crippen LogP contribution in [0.4, 0.5) is 0 Å². The van der Waals surface area contributed by atoms with Gasteiger partial charge >= 0.3 is 17.9 Å². The Balaban J connectivity index is 0.00000532. The maximum absolute atomic E-state index is 13.8. The second-order valence-electron chi connectivity index (χ2n) is 15.5. The number of aliphatic hydroxyl groups is 1. The minimum atomic E-state index is -1.02. The standard InChI is InChI=1S/C43H48N2O10.ClH/c1-23-20-24(2)43-31(14-15-32-34(43)35(46)25(3)37(38(32)55-43)54-41(49)29-8-6-7-9-29)21-33(51-5)42(50)53-36(23)26(4)52-40(48)30-12-10-27(11-13-30)22-45-18-16-28(17-19-45)39(44)47;/h6-8,10-20,23,25-26,31-38,46H,9,21-22H2,1-5H3,(H-,44,47);1H/b24-20+;/t23-,25-,26-,31?,32-,33+,34+,35-,36+,37-,38-,43+;/m1./s1. The summed E-state index contributed by atoms with van der Waals surface area (Å²) in [6.07, 6.45) is 11.0. The van der Waals surface area contributed by atoms with Crippen molar-refractivity contribution in [2.75, 3.05) is 7.11 Å². The molecule has 1 unspecified atom stereocenters. The van der Waals surface area contributed by atoms with Gasteiger partial charge in [0.15, 0.2) is 25.0 Å². The largest absolute Gasteiger partial charge is 1.00 e. The molecule has 1 saturated carbocycles. The summed E-state index contributed by atoms with van der Waals surface area (Å²) in [4.78, 5) is 51.8. The van der Waals surface area contributed by atoms with Crippen molar-refractivity contribution in [1.82, 2.24) is 0 Å². The summed E-state index contributed by atoms with van der Waals surface area (Å²) < 4.78 is 32.9. The lowest BCUT2D eigenvalue weighted by molar-refractivity contribution is -0.688. The number of hydrogen-bond donors (Lipinski definition) is 2. The zero-order valence-corrected chi connectivity index (χ0v) is 32.8. The number of nitrogens with zero attached hydrogens (tertiary/aromatic N) is 1. The average molecular weight is 789 g/mol. The number of aromatic nitrogens is 1. The Morgan fingerprint density at radius 3 is 2.41 bits per heavy atom. The minimum Gasteiger partial charge on any atom is -1.00 e. The van der Waals surface area contributed by atoms with Crippen LogP contribution >= 0.6 is 0 Å². The molecule has 1 aromatic carbocycles. The van der Waals surface area contributed by atoms with Crippen LogP contribution in [0.2, 0.25) is 0 Å². The van der Waals surface area contributed by atoms with Gasteiger partial charge in [-0.25, -0.2) is 19.0 Å². The third kappa shape index (κ3) is 7.47. The van der Waals surface area contributed by atoms with E-state index in [1.54, 1.807) is 49.7 Å². The number of benzene rings is 1. The topological polar surface area (TPSA) is 165 Å². The van der Waals surface area contributed by atoms with Gasteiger partial charge in [0, 0.05) is 60.0 Å². The summed E-state index contributed by atoms with van der Waals surface area (Å²) >= 11 is 0. The van der Waals surface area contributed by atoms with E-state index in [0.29, 0.717) is 29.7 Å². The number of halogens is 1. The number of pyridine rings is 1. The van der Waals surface area contributed by atoms with Gasteiger partial charge in [-0.1, -0.05) is 62.4 Å². The molecule has 1 aromatic heterocycles. The highest BCUT2D eigenvalue weighted by Crippen LogP contribution is 2.61. The average Bonchev–Trinajstić information content (AvgIpc) is 3.78. The van der Waals surface area contributed by atoms with Gasteiger partial charge in [0.25, 0.3) is 0 Å². The number of allylic oxidation sites excluding steroid dienone is 3. The van der Waals surface area contributed by atoms with Gasteiger partial charge < -0.3 is 46.9 Å². The van der Waals surface area contributed by atoms with E-state index in [1.165, 1.54) is 7.11 Å². The zero-order valence-electron chi connectivity index (χ0n) is 32.1. The smallest absolute Gasteiger partial charge is 0.338 e. The fraction of sp³-hybridized carbons (Fsp3) is 0.465. The predicted octanol–water partition coefficient (Wildman–Crippen LogP) is 0.948. The highest BCUT2D eigenvalue weighted by Gasteiger charge is 2.69. The molecule has 1 amide bonds. The quantitative estimate of drug-likeness (QED) is 0.162. The number of cyclic esters (lactones) is 1. The molecule has 3 N–H and O–H groups in total. The second-order valence-corrected chi connectivity index (χ2v) is 15.5. The van der Waals surface area contributed by atoms with E-state index < -0.39 is 77.9 Å². The Kier molecular flexibility index (Phi) is 12.1. The summed E-state index contributed by atoms with van der Waals surface area (Å²) in [6, 6.07) is 10.3. The molecular formula is C43H49ClN2O10. The van der Waals surface area contributed by atoms with Crippen molar-refractivity contribution in [2.24, 2.45) is 35.3 Å². The Hall–Kier alpha value is -4.62. The molecular weight excluding hydrogens is 740 g/mol. The number of amides is 1. The fourth-order valence-corrected chi connectivity index (χ4v) is 9.27. The van der Waals surface area contributed by atoms with Crippen LogP contribution in [0.25, 0.3) is 0 Å². The van der Waals surface area contributed by atoms with Crippen molar-refractivity contribution in [1.29, 1.82) is 0 Å². The van der Waals surface area contributed by atoms with Crippen molar-refractivity contribution < 1.29 is 64.9 Å². The number of nitrogens with two attached hydrogens (primary N) is 1. The van der Waals surface area contributed by atoms with Gasteiger partial charge in [0.05, 0.1) is 17.2 Å². The lowest BCUT2D eigenvalue weighted by atomic mass is 9.57. The van der Waals surface area contributed by atoms with Crippen LogP contribution in [0.15, 0.2) is 96.4 Å². The molecule has 2 aromatic rings. The number of hydrogen-bond acceptors (Lipinski definition) is 10. The van der Waals surface area contributed by atoms with E-state index in [-0.39, 0.29) is 36.6 Å². The summed E-state index contributed by atoms with van der Waals surface area (Å²) in [5.41, 5.74) is 7.39. The molecule has 2 fully saturated rings. The molecule has 5 aliphatic rings. The molecule has 1 saturated heterocycles. The van der Waals surface area contributed by atoms with Crippen molar-refractivity contribution in [3.8, 4) is 0 Å². The molecule has 4 bridgehead atoms. The second kappa shape index (κ2) is 16.5. The molecule has 298 valence electrons. The maximum atomic E-state index is 13.8. The first-order valence-corrected chi connectivity index (χ1v) is 18.9. The summed E-state index contributed by atoms with van der Waals surface area (Å²) in [6.45, 7) is 7.97. The molecule has 12 atom stereocenters. The van der Waals surface area contributed by atoms with Crippen LogP contribution in [0, 0.1) is 29.6 Å². The monoisotopic (exact) mass is 788 g/mol. The SMILES string of the molecule is CO[C@H]1CC2C=C[C@H]3[C@H]4O[C@]2(/C(C)=C/[C@@H](C)[C@@H]([C@@H](C)OC(=O)c2ccc(C[n+]5ccc(C(N)=O)cc5)cc2)OC1=O)[C@@H]3[C@H](O)[C@@H](C)[C@H]4OC(=O)C1=CC=CC1.[Cl-]. The number of esters is 3. The number of carbonyl (C=O) groups excluding carboxylic acids is 4. The minimum absolute atomic E-state index is 0. The molecule has 3 aliphatic carbocycles. The summed E-state index contributed by atoms with van der Waals surface area (Å²) in [7, 11) is 1.45. The van der Waals surface area contributed by atoms with Crippen molar-refractivity contribution in [3.63, 3.8) is 0 Å². The van der Waals surface area contributed by atoms with Gasteiger partial charge in [-0.05, 0) is 44.4 Å². The Morgan fingerprint density at radius 1 is 1.05 bits per heavy atom. The lowest BCUT2D eigenvalue weighted by Crippen LogP contribution is -3.00. The van der Waals surface area contributed by atoms with Crippen molar-refractivity contribution in [3.05, 3.63) is 113 Å². The van der Waals surface area contributed by atoms with Gasteiger partial charge in [-0.15, -0.1) is 0 Å². The van der Waals surface area contributed by atoms with Gasteiger partial charge in [0.2, 0.25) is 5.91 Å². The Bertz CT molecular complexity index is 1960. The van der Waals surface area contributed by atoms with Crippen LogP contribution in [-0.2, 0) is 39.8 Å². The molecule has 0 radical (unpaired) electrons. The Labute approximate surface area is 332 Å². The molecule has 7 rings (SSSR count). The normalized spacial score (nSPS) is 34.4. The van der Waals surface area contributed by atoms with Crippen molar-refractivity contribution >= 4 is 23.8 Å². The van der Waals surface area contributed by atoms with E-state index in [1.807, 2.05) is 67.9 Å². The van der Waals surface area contributed by atoms with E-state index in [9.17, 15) is 24.3 Å². The lowest BCUT2D eigenvalue weighted by Gasteiger charge is -2.49. The molecule has 1 spiro atoms. The fourth-order valence-electron chi connectivity index (χ4n) is 9.27. The number of ether oxygens (including phenoxy) is 5. The molecule has 13 heteroatoms. The number of carbonyl (C=O) groups is 4. The van der Waals surface area contributed by atoms with Crippen molar-refractivity contribution in [2.45, 2.75) is 89.3 Å². The maximum Gasteiger partial charge on any atom is 0.338 e. The Morgan fingerprint density at radius 2 is 1.77 bits per heavy atom. The third-order valence-corrected chi connectivity index (χ3v) is 12.2. The summed E-state index contributed by atoms with van der Waals surface area (Å²) in [5, 5.41) is 12.0. The van der Waals surface area contributed by atoms with Gasteiger partial charge in [-0.3, -0.25) is 4.79 Å². The van der Waals surface area contributed by atoms with E-state index in [4.69, 9.17) is 29.4 Å². The van der Waals surface area contributed by atoms with E-state index in [0.717, 1.165) is 11.1 Å². The van der Waals surface area contributed by atoms with Crippen LogP contribution in [0.5, 0.6) is 0 Å². The highest BCUT2D eigenvalue weighted by atomic mass is 35.5. The van der Waals surface area contributed by atoms with Gasteiger partial charge in [0.1, 0.15) is 30.0 Å². The van der Waals surface area contributed by atoms with Crippen LogP contribution < -0.4 is 22.7 Å². The molecule has 3 heterocycles. The number of aliphatic hydroxyl groups excluding tert-OH is 1. The first-order chi connectivity index (χ1) is 26.3. The predicted molar refractivity (Wildman–Crippen MR) is 198 cm³/mol. The van der Waals surface area contributed by atoms with E-state index >= 15 is 0 Å². The van der Waals surface area contributed by atoms with Crippen LogP contribution in [0.3, 0.4) is 0 Å². The molecule has 12 nitrogen and oxygen atoms in total. The number of methoxy groups -OCH3 is 1. The zero-order chi connectivity index (χ0) is 39.2. The first kappa shape index (κ1) is 41.0. The number of rotatable bonds is 9. The summed E-state index contributed by atoms with van der Waals surface area (Å²) in [5.74, 6) is -3.89. The first-order valence-electron chi connectivity index (χ1n) is 18.9. The molecule has 56 heavy (non-hydrogen) atoms. The highest BCUT2D eigenvalue weighted by molar-refractivity contribution is 5.92. The van der Waals surface area contributed by atoms with Crippen LogP contribution in [0.1, 0.15) is 66.8 Å². The van der Waals surface area contributed by atoms with Crippen LogP contribution in [-0.4, -0.2) is 78.3 Å².